The van der Waals surface area contributed by atoms with Crippen LogP contribution in [0.15, 0.2) is 0 Å². The Kier molecular flexibility index (Phi) is 7.14. The monoisotopic (exact) mass is 279 g/mol. The van der Waals surface area contributed by atoms with E-state index in [-0.39, 0.29) is 23.7 Å². The molecule has 0 spiro atoms. The number of nitrogens with one attached hydrogen (secondary N) is 1. The molecule has 1 atom stereocenters. The molecule has 108 valence electrons. The third-order valence-corrected chi connectivity index (χ3v) is 5.62. The molecular formula is C12H25NO4S. The minimum Gasteiger partial charge on any atom is -0.396 e. The fourth-order valence-corrected chi connectivity index (χ4v) is 4.23. The van der Waals surface area contributed by atoms with Crippen molar-refractivity contribution < 1.29 is 18.3 Å². The van der Waals surface area contributed by atoms with Crippen LogP contribution in [0, 0.1) is 0 Å². The second kappa shape index (κ2) is 8.09. The van der Waals surface area contributed by atoms with E-state index in [0.29, 0.717) is 32.5 Å². The predicted octanol–water partition coefficient (Wildman–Crippen LogP) is 0.331. The first-order chi connectivity index (χ1) is 8.60. The molecule has 1 aliphatic rings. The highest BCUT2D eigenvalue weighted by Gasteiger charge is 2.29. The molecule has 5 nitrogen and oxygen atoms in total. The third-order valence-electron chi connectivity index (χ3n) is 3.27. The first-order valence-electron chi connectivity index (χ1n) is 6.73. The Hall–Kier alpha value is -0.170. The lowest BCUT2D eigenvalue weighted by molar-refractivity contribution is 0.0983. The quantitative estimate of drug-likeness (QED) is 0.670. The van der Waals surface area contributed by atoms with E-state index in [0.717, 1.165) is 13.0 Å². The number of aliphatic hydroxyl groups is 1. The van der Waals surface area contributed by atoms with Crippen LogP contribution in [0.5, 0.6) is 0 Å². The van der Waals surface area contributed by atoms with E-state index < -0.39 is 9.84 Å². The van der Waals surface area contributed by atoms with Gasteiger partial charge in [0, 0.05) is 25.9 Å². The molecule has 0 bridgehead atoms. The van der Waals surface area contributed by atoms with Gasteiger partial charge in [-0.05, 0) is 32.2 Å². The summed E-state index contributed by atoms with van der Waals surface area (Å²) in [5, 5.41) is 11.9. The highest BCUT2D eigenvalue weighted by molar-refractivity contribution is 7.92. The minimum atomic E-state index is -3.09. The van der Waals surface area contributed by atoms with Gasteiger partial charge in [-0.25, -0.2) is 8.42 Å². The summed E-state index contributed by atoms with van der Waals surface area (Å²) < 4.78 is 29.7. The predicted molar refractivity (Wildman–Crippen MR) is 71.4 cm³/mol. The summed E-state index contributed by atoms with van der Waals surface area (Å²) in [6.45, 7) is 3.92. The van der Waals surface area contributed by atoms with E-state index in [1.165, 1.54) is 0 Å². The van der Waals surface area contributed by atoms with Gasteiger partial charge < -0.3 is 15.2 Å². The average Bonchev–Trinajstić information content (AvgIpc) is 2.37. The Morgan fingerprint density at radius 3 is 2.61 bits per heavy atom. The summed E-state index contributed by atoms with van der Waals surface area (Å²) >= 11 is 0. The van der Waals surface area contributed by atoms with Crippen LogP contribution >= 0.6 is 0 Å². The summed E-state index contributed by atoms with van der Waals surface area (Å²) in [6.07, 6.45) is 2.64. The van der Waals surface area contributed by atoms with Crippen LogP contribution in [0.3, 0.4) is 0 Å². The van der Waals surface area contributed by atoms with Crippen molar-refractivity contribution in [1.29, 1.82) is 0 Å². The zero-order valence-corrected chi connectivity index (χ0v) is 11.9. The van der Waals surface area contributed by atoms with Gasteiger partial charge in [0.05, 0.1) is 11.0 Å². The first kappa shape index (κ1) is 15.9. The van der Waals surface area contributed by atoms with Crippen molar-refractivity contribution in [2.24, 2.45) is 0 Å². The van der Waals surface area contributed by atoms with Gasteiger partial charge in [0.15, 0.2) is 9.84 Å². The molecule has 1 aliphatic heterocycles. The molecular weight excluding hydrogens is 254 g/mol. The smallest absolute Gasteiger partial charge is 0.154 e. The molecule has 0 aromatic carbocycles. The highest BCUT2D eigenvalue weighted by Crippen LogP contribution is 2.17. The normalized spacial score (nSPS) is 19.9. The molecule has 0 aromatic rings. The Labute approximate surface area is 110 Å². The molecule has 1 unspecified atom stereocenters. The van der Waals surface area contributed by atoms with Gasteiger partial charge in [0.1, 0.15) is 0 Å². The first-order valence-corrected chi connectivity index (χ1v) is 8.45. The number of rotatable bonds is 8. The number of hydrogen-bond acceptors (Lipinski definition) is 5. The van der Waals surface area contributed by atoms with Crippen molar-refractivity contribution in [2.45, 2.75) is 43.9 Å². The van der Waals surface area contributed by atoms with E-state index in [9.17, 15) is 8.42 Å². The van der Waals surface area contributed by atoms with E-state index in [1.54, 1.807) is 0 Å². The van der Waals surface area contributed by atoms with Gasteiger partial charge >= 0.3 is 0 Å². The lowest BCUT2D eigenvalue weighted by atomic mass is 10.2. The molecule has 1 heterocycles. The topological polar surface area (TPSA) is 75.6 Å². The molecule has 1 saturated heterocycles. The Morgan fingerprint density at radius 2 is 2.06 bits per heavy atom. The van der Waals surface area contributed by atoms with Gasteiger partial charge in [0.25, 0.3) is 0 Å². The van der Waals surface area contributed by atoms with Crippen LogP contribution < -0.4 is 5.32 Å². The van der Waals surface area contributed by atoms with Gasteiger partial charge in [-0.1, -0.05) is 6.92 Å². The van der Waals surface area contributed by atoms with E-state index >= 15 is 0 Å². The number of sulfone groups is 1. The second-order valence-corrected chi connectivity index (χ2v) is 7.13. The summed E-state index contributed by atoms with van der Waals surface area (Å²) in [5.74, 6) is 0.123. The van der Waals surface area contributed by atoms with E-state index in [1.807, 2.05) is 6.92 Å². The molecule has 0 saturated carbocycles. The fraction of sp³-hybridized carbons (Fsp3) is 1.00. The van der Waals surface area contributed by atoms with Crippen molar-refractivity contribution in [1.82, 2.24) is 5.32 Å². The van der Waals surface area contributed by atoms with Gasteiger partial charge in [-0.3, -0.25) is 0 Å². The standard InChI is InChI=1S/C12H25NO4S/c1-2-6-13-11(3-7-14)10-18(15,16)12-4-8-17-9-5-12/h11-14H,2-10H2,1H3. The maximum Gasteiger partial charge on any atom is 0.154 e. The van der Waals surface area contributed by atoms with Crippen LogP contribution in [-0.2, 0) is 14.6 Å². The minimum absolute atomic E-state index is 0.0185. The molecule has 18 heavy (non-hydrogen) atoms. The molecule has 0 aliphatic carbocycles. The number of ether oxygens (including phenoxy) is 1. The SMILES string of the molecule is CCCNC(CCO)CS(=O)(=O)C1CCOCC1. The largest absolute Gasteiger partial charge is 0.396 e. The molecule has 1 rings (SSSR count). The Bertz CT molecular complexity index is 312. The lowest BCUT2D eigenvalue weighted by Crippen LogP contribution is -2.41. The second-order valence-electron chi connectivity index (χ2n) is 4.80. The van der Waals surface area contributed by atoms with Crippen LogP contribution in [-0.4, -0.2) is 56.9 Å². The van der Waals surface area contributed by atoms with Crippen LogP contribution in [0.25, 0.3) is 0 Å². The average molecular weight is 279 g/mol. The van der Waals surface area contributed by atoms with Crippen LogP contribution in [0.4, 0.5) is 0 Å². The zero-order valence-electron chi connectivity index (χ0n) is 11.1. The van der Waals surface area contributed by atoms with Crippen molar-refractivity contribution in [3.8, 4) is 0 Å². The van der Waals surface area contributed by atoms with Crippen LogP contribution in [0.1, 0.15) is 32.6 Å². The summed E-state index contributed by atoms with van der Waals surface area (Å²) in [7, 11) is -3.09. The van der Waals surface area contributed by atoms with E-state index in [2.05, 4.69) is 5.32 Å². The lowest BCUT2D eigenvalue weighted by Gasteiger charge is -2.25. The van der Waals surface area contributed by atoms with Gasteiger partial charge in [-0.2, -0.15) is 0 Å². The molecule has 1 fully saturated rings. The van der Waals surface area contributed by atoms with Crippen molar-refractivity contribution in [3.63, 3.8) is 0 Å². The van der Waals surface area contributed by atoms with Crippen molar-refractivity contribution in [3.05, 3.63) is 0 Å². The maximum atomic E-state index is 12.3. The zero-order chi connectivity index (χ0) is 13.4. The van der Waals surface area contributed by atoms with Gasteiger partial charge in [-0.15, -0.1) is 0 Å². The summed E-state index contributed by atoms with van der Waals surface area (Å²) in [6, 6.07) is -0.136. The van der Waals surface area contributed by atoms with Gasteiger partial charge in [0.2, 0.25) is 0 Å². The Morgan fingerprint density at radius 1 is 1.39 bits per heavy atom. The summed E-state index contributed by atoms with van der Waals surface area (Å²) in [4.78, 5) is 0. The van der Waals surface area contributed by atoms with Crippen LogP contribution in [0.2, 0.25) is 0 Å². The Balaban J connectivity index is 2.53. The molecule has 0 amide bonds. The van der Waals surface area contributed by atoms with Crippen molar-refractivity contribution >= 4 is 9.84 Å². The molecule has 6 heteroatoms. The third kappa shape index (κ3) is 5.22. The molecule has 0 radical (unpaired) electrons. The highest BCUT2D eigenvalue weighted by atomic mass is 32.2. The molecule has 0 aromatic heterocycles. The van der Waals surface area contributed by atoms with Crippen molar-refractivity contribution in [2.75, 3.05) is 32.1 Å². The molecule has 2 N–H and O–H groups in total. The van der Waals surface area contributed by atoms with E-state index in [4.69, 9.17) is 9.84 Å². The number of aliphatic hydroxyl groups excluding tert-OH is 1. The summed E-state index contributed by atoms with van der Waals surface area (Å²) in [5.41, 5.74) is 0. The fourth-order valence-electron chi connectivity index (χ4n) is 2.20. The number of hydrogen-bond donors (Lipinski definition) is 2. The maximum absolute atomic E-state index is 12.3.